The molecule has 0 N–H and O–H groups in total. The Labute approximate surface area is 71.8 Å². The standard InChI is InChI=1S/C3H7.C2H5.2Li/c1-3-2;1-2;;/h1,3H2,2H3;1H2,2H3;;/q2*-1;2*+1. The van der Waals surface area contributed by atoms with E-state index in [0.717, 1.165) is 6.42 Å². The molecule has 0 aliphatic carbocycles. The second-order valence-corrected chi connectivity index (χ2v) is 0.500. The third-order valence-electron chi connectivity index (χ3n) is 0. The van der Waals surface area contributed by atoms with E-state index in [0.29, 0.717) is 0 Å². The molecule has 0 heterocycles. The van der Waals surface area contributed by atoms with Crippen molar-refractivity contribution in [3.8, 4) is 0 Å². The molecule has 0 amide bonds. The van der Waals surface area contributed by atoms with Crippen LogP contribution in [0.2, 0.25) is 0 Å². The molecule has 0 atom stereocenters. The van der Waals surface area contributed by atoms with Crippen molar-refractivity contribution >= 4 is 0 Å². The van der Waals surface area contributed by atoms with Gasteiger partial charge in [-0.05, 0) is 0 Å². The van der Waals surface area contributed by atoms with Crippen molar-refractivity contribution < 1.29 is 37.7 Å². The molecule has 2 heteroatoms. The third-order valence-corrected chi connectivity index (χ3v) is 0. The Balaban J connectivity index is -0.0000000105. The summed E-state index contributed by atoms with van der Waals surface area (Å²) in [5.41, 5.74) is 0. The summed E-state index contributed by atoms with van der Waals surface area (Å²) in [4.78, 5) is 0. The van der Waals surface area contributed by atoms with Gasteiger partial charge < -0.3 is 13.8 Å². The number of rotatable bonds is 0. The third kappa shape index (κ3) is 136. The van der Waals surface area contributed by atoms with Gasteiger partial charge in [-0.2, -0.15) is 13.3 Å². The molecule has 0 aromatic heterocycles. The van der Waals surface area contributed by atoms with Crippen LogP contribution < -0.4 is 37.7 Å². The summed E-state index contributed by atoms with van der Waals surface area (Å²) in [6.07, 6.45) is 1.00. The first-order valence-corrected chi connectivity index (χ1v) is 1.91. The van der Waals surface area contributed by atoms with Crippen molar-refractivity contribution in [1.82, 2.24) is 0 Å². The molecule has 0 spiro atoms. The molecule has 0 fully saturated rings. The quantitative estimate of drug-likeness (QED) is 0.209. The molecule has 0 aliphatic heterocycles. The Kier molecular flexibility index (Phi) is 197. The second-order valence-electron chi connectivity index (χ2n) is 0.500. The maximum absolute atomic E-state index is 3.49. The van der Waals surface area contributed by atoms with Gasteiger partial charge in [0.1, 0.15) is 0 Å². The van der Waals surface area contributed by atoms with E-state index in [4.69, 9.17) is 0 Å². The van der Waals surface area contributed by atoms with Gasteiger partial charge in [0, 0.05) is 0 Å². The molecule has 0 aliphatic rings. The van der Waals surface area contributed by atoms with E-state index < -0.39 is 0 Å². The van der Waals surface area contributed by atoms with Crippen LogP contribution in [0.5, 0.6) is 0 Å². The average molecular weight is 86.0 g/mol. The van der Waals surface area contributed by atoms with Gasteiger partial charge in [-0.1, -0.05) is 6.92 Å². The smallest absolute Gasteiger partial charge is 0.346 e. The normalized spacial score (nSPS) is 3.43. The minimum atomic E-state index is 0. The van der Waals surface area contributed by atoms with Gasteiger partial charge in [-0.25, -0.2) is 0 Å². The summed E-state index contributed by atoms with van der Waals surface area (Å²) < 4.78 is 0. The van der Waals surface area contributed by atoms with Crippen LogP contribution in [0.25, 0.3) is 0 Å². The summed E-state index contributed by atoms with van der Waals surface area (Å²) in [5.74, 6) is 0. The molecule has 7 heavy (non-hydrogen) atoms. The SMILES string of the molecule is [CH2-]C.[CH2-]CC.[Li+].[Li+]. The molecule has 0 saturated heterocycles. The van der Waals surface area contributed by atoms with Gasteiger partial charge in [0.25, 0.3) is 0 Å². The first-order valence-electron chi connectivity index (χ1n) is 1.91. The van der Waals surface area contributed by atoms with Crippen LogP contribution in [0.1, 0.15) is 20.3 Å². The Hall–Kier alpha value is 1.19. The predicted molar refractivity (Wildman–Crippen MR) is 26.7 cm³/mol. The molecule has 0 rings (SSSR count). The minimum absolute atomic E-state index is 0. The zero-order valence-electron chi connectivity index (χ0n) is 6.12. The Morgan fingerprint density at radius 1 is 1.14 bits per heavy atom. The summed E-state index contributed by atoms with van der Waals surface area (Å²) >= 11 is 0. The zero-order chi connectivity index (χ0) is 4.71. The fourth-order valence-corrected chi connectivity index (χ4v) is 0. The minimum Gasteiger partial charge on any atom is -0.346 e. The van der Waals surface area contributed by atoms with Crippen LogP contribution in [-0.4, -0.2) is 0 Å². The van der Waals surface area contributed by atoms with E-state index >= 15 is 0 Å². The molecule has 0 bridgehead atoms. The fourth-order valence-electron chi connectivity index (χ4n) is 0. The average Bonchev–Trinajstić information content (AvgIpc) is 1.46. The van der Waals surface area contributed by atoms with E-state index in [-0.39, 0.29) is 37.7 Å². The Bertz CT molecular complexity index is 6.04. The van der Waals surface area contributed by atoms with E-state index in [2.05, 4.69) is 13.8 Å². The van der Waals surface area contributed by atoms with Crippen molar-refractivity contribution in [2.45, 2.75) is 20.3 Å². The molecular weight excluding hydrogens is 73.9 g/mol. The zero-order valence-corrected chi connectivity index (χ0v) is 6.12. The van der Waals surface area contributed by atoms with Crippen LogP contribution in [0.4, 0.5) is 0 Å². The van der Waals surface area contributed by atoms with Gasteiger partial charge in [0.2, 0.25) is 0 Å². The number of hydrogen-bond acceptors (Lipinski definition) is 0. The van der Waals surface area contributed by atoms with Crippen LogP contribution in [-0.2, 0) is 0 Å². The van der Waals surface area contributed by atoms with E-state index in [1.807, 2.05) is 6.92 Å². The molecule has 0 unspecified atom stereocenters. The molecule has 0 saturated carbocycles. The van der Waals surface area contributed by atoms with Gasteiger partial charge in [-0.3, -0.25) is 0 Å². The largest absolute Gasteiger partial charge is 1.00 e. The topological polar surface area (TPSA) is 0 Å². The van der Waals surface area contributed by atoms with E-state index in [9.17, 15) is 0 Å². The maximum atomic E-state index is 3.49. The van der Waals surface area contributed by atoms with Gasteiger partial charge in [0.15, 0.2) is 0 Å². The van der Waals surface area contributed by atoms with Crippen LogP contribution in [0.15, 0.2) is 0 Å². The molecule has 0 aromatic carbocycles. The monoisotopic (exact) mass is 86.1 g/mol. The van der Waals surface area contributed by atoms with Gasteiger partial charge >= 0.3 is 37.7 Å². The van der Waals surface area contributed by atoms with Crippen LogP contribution in [0, 0.1) is 13.8 Å². The first-order chi connectivity index (χ1) is 2.41. The van der Waals surface area contributed by atoms with Crippen LogP contribution in [0.3, 0.4) is 0 Å². The van der Waals surface area contributed by atoms with Crippen molar-refractivity contribution in [3.05, 3.63) is 13.8 Å². The second kappa shape index (κ2) is 57.3. The van der Waals surface area contributed by atoms with Crippen molar-refractivity contribution in [2.75, 3.05) is 0 Å². The van der Waals surface area contributed by atoms with E-state index in [1.165, 1.54) is 0 Å². The molecule has 0 aromatic rings. The predicted octanol–water partition coefficient (Wildman–Crippen LogP) is -3.92. The Morgan fingerprint density at radius 3 is 1.14 bits per heavy atom. The summed E-state index contributed by atoms with van der Waals surface area (Å²) in [6, 6.07) is 0. The maximum Gasteiger partial charge on any atom is 1.00 e. The first kappa shape index (κ1) is 24.1. The van der Waals surface area contributed by atoms with Crippen molar-refractivity contribution in [1.29, 1.82) is 0 Å². The fraction of sp³-hybridized carbons (Fsp3) is 0.600. The van der Waals surface area contributed by atoms with Crippen molar-refractivity contribution in [2.24, 2.45) is 0 Å². The molecule has 0 radical (unpaired) electrons. The van der Waals surface area contributed by atoms with Gasteiger partial charge in [-0.15, -0.1) is 0 Å². The van der Waals surface area contributed by atoms with Crippen molar-refractivity contribution in [3.63, 3.8) is 0 Å². The van der Waals surface area contributed by atoms with Crippen LogP contribution >= 0.6 is 0 Å². The molecule has 34 valence electrons. The summed E-state index contributed by atoms with van der Waals surface area (Å²) in [5, 5.41) is 0. The summed E-state index contributed by atoms with van der Waals surface area (Å²) in [6.45, 7) is 10.5. The Morgan fingerprint density at radius 2 is 1.14 bits per heavy atom. The van der Waals surface area contributed by atoms with Gasteiger partial charge in [0.05, 0.1) is 0 Å². The van der Waals surface area contributed by atoms with E-state index in [1.54, 1.807) is 6.92 Å². The number of hydrogen-bond donors (Lipinski definition) is 0. The summed E-state index contributed by atoms with van der Waals surface area (Å²) in [7, 11) is 0. The molecular formula is C5H12Li2. The molecule has 0 nitrogen and oxygen atoms in total.